The largest absolute Gasteiger partial charge is 0.480 e. The van der Waals surface area contributed by atoms with E-state index in [2.05, 4.69) is 0 Å². The lowest BCUT2D eigenvalue weighted by Crippen LogP contribution is -2.51. The van der Waals surface area contributed by atoms with Gasteiger partial charge in [0, 0.05) is 37.8 Å². The zero-order valence-electron chi connectivity index (χ0n) is 21.2. The fraction of sp³-hybridized carbons (Fsp3) is 0.522. The summed E-state index contributed by atoms with van der Waals surface area (Å²) in [5, 5.41) is 57.3. The minimum absolute atomic E-state index is 0.00426. The Labute approximate surface area is 222 Å². The number of aliphatic carboxylic acids is 5. The maximum Gasteiger partial charge on any atom is 0.317 e. The van der Waals surface area contributed by atoms with Gasteiger partial charge in [-0.05, 0) is 17.9 Å². The van der Waals surface area contributed by atoms with Gasteiger partial charge in [-0.1, -0.05) is 19.1 Å². The quantitative estimate of drug-likeness (QED) is 0.100. The van der Waals surface area contributed by atoms with Crippen LogP contribution in [0.5, 0.6) is 0 Å². The summed E-state index contributed by atoms with van der Waals surface area (Å²) in [7, 11) is 0. The second kappa shape index (κ2) is 16.0. The molecule has 0 bridgehead atoms. The molecule has 0 spiro atoms. The van der Waals surface area contributed by atoms with E-state index in [-0.39, 0.29) is 31.7 Å². The molecule has 0 aromatic heterocycles. The van der Waals surface area contributed by atoms with E-state index in [1.807, 2.05) is 0 Å². The standard InChI is InChI=1S/C23H32N4O12/c1-15(8-25(11-20(30)31)12-21(32)33)7-24(10-19(28)29)9-18(26(13-22(34)35)14-23(36)37)6-16-2-4-17(5-3-16)27(38)39/h2-5,15,18H,6-14H2,1H3,(H,28,29)(H,30,31)(H,32,33)(H,34,35)(H,36,37). The molecule has 16 nitrogen and oxygen atoms in total. The molecule has 39 heavy (non-hydrogen) atoms. The van der Waals surface area contributed by atoms with E-state index in [4.69, 9.17) is 10.2 Å². The number of hydrogen-bond acceptors (Lipinski definition) is 10. The van der Waals surface area contributed by atoms with Crippen LogP contribution in [0.4, 0.5) is 5.69 Å². The van der Waals surface area contributed by atoms with Crippen LogP contribution in [0.2, 0.25) is 0 Å². The van der Waals surface area contributed by atoms with E-state index < -0.39 is 79.5 Å². The Kier molecular flexibility index (Phi) is 13.4. The van der Waals surface area contributed by atoms with Crippen molar-refractivity contribution in [3.8, 4) is 0 Å². The third kappa shape index (κ3) is 13.8. The van der Waals surface area contributed by atoms with Crippen molar-refractivity contribution in [3.05, 3.63) is 39.9 Å². The van der Waals surface area contributed by atoms with Gasteiger partial charge in [-0.25, -0.2) is 0 Å². The minimum Gasteiger partial charge on any atom is -0.480 e. The van der Waals surface area contributed by atoms with Crippen LogP contribution in [0, 0.1) is 16.0 Å². The lowest BCUT2D eigenvalue weighted by atomic mass is 10.0. The Hall–Kier alpha value is -4.15. The van der Waals surface area contributed by atoms with Gasteiger partial charge in [0.1, 0.15) is 0 Å². The first kappa shape index (κ1) is 32.9. The second-order valence-electron chi connectivity index (χ2n) is 9.12. The average molecular weight is 557 g/mol. The van der Waals surface area contributed by atoms with Gasteiger partial charge in [0.2, 0.25) is 0 Å². The van der Waals surface area contributed by atoms with Crippen molar-refractivity contribution >= 4 is 35.5 Å². The van der Waals surface area contributed by atoms with Crippen molar-refractivity contribution in [2.45, 2.75) is 19.4 Å². The van der Waals surface area contributed by atoms with Crippen LogP contribution in [0.15, 0.2) is 24.3 Å². The Morgan fingerprint density at radius 1 is 0.718 bits per heavy atom. The zero-order chi connectivity index (χ0) is 29.7. The number of nitro benzene ring substituents is 1. The maximum absolute atomic E-state index is 11.6. The van der Waals surface area contributed by atoms with Gasteiger partial charge in [0.05, 0.1) is 37.6 Å². The van der Waals surface area contributed by atoms with Crippen molar-refractivity contribution in [3.63, 3.8) is 0 Å². The smallest absolute Gasteiger partial charge is 0.317 e. The molecule has 0 aliphatic carbocycles. The summed E-state index contributed by atoms with van der Waals surface area (Å²) in [5.74, 6) is -6.79. The van der Waals surface area contributed by atoms with Crippen molar-refractivity contribution in [1.29, 1.82) is 0 Å². The third-order valence-electron chi connectivity index (χ3n) is 5.50. The molecule has 0 saturated carbocycles. The zero-order valence-corrected chi connectivity index (χ0v) is 21.2. The fourth-order valence-electron chi connectivity index (χ4n) is 4.20. The molecule has 0 saturated heterocycles. The second-order valence-corrected chi connectivity index (χ2v) is 9.12. The number of carboxylic acid groups (broad SMARTS) is 5. The van der Waals surface area contributed by atoms with Gasteiger partial charge >= 0.3 is 29.8 Å². The molecule has 0 heterocycles. The molecule has 0 amide bonds. The molecule has 1 aromatic carbocycles. The van der Waals surface area contributed by atoms with Gasteiger partial charge < -0.3 is 25.5 Å². The molecule has 1 rings (SSSR count). The molecule has 0 aliphatic rings. The Morgan fingerprint density at radius 3 is 1.54 bits per heavy atom. The first-order valence-electron chi connectivity index (χ1n) is 11.7. The fourth-order valence-corrected chi connectivity index (χ4v) is 4.20. The predicted octanol–water partition coefficient (Wildman–Crippen LogP) is -0.529. The Bertz CT molecular complexity index is 1000. The highest BCUT2D eigenvalue weighted by Crippen LogP contribution is 2.17. The summed E-state index contributed by atoms with van der Waals surface area (Å²) in [6.07, 6.45) is 0.0349. The van der Waals surface area contributed by atoms with Crippen molar-refractivity contribution < 1.29 is 54.4 Å². The predicted molar refractivity (Wildman–Crippen MR) is 132 cm³/mol. The van der Waals surface area contributed by atoms with Crippen LogP contribution >= 0.6 is 0 Å². The van der Waals surface area contributed by atoms with E-state index in [9.17, 15) is 49.4 Å². The van der Waals surface area contributed by atoms with Gasteiger partial charge in [-0.3, -0.25) is 48.8 Å². The minimum atomic E-state index is -1.32. The number of carboxylic acids is 5. The van der Waals surface area contributed by atoms with Crippen LogP contribution in [0.1, 0.15) is 12.5 Å². The number of rotatable bonds is 20. The third-order valence-corrected chi connectivity index (χ3v) is 5.50. The number of carbonyl (C=O) groups is 5. The Morgan fingerprint density at radius 2 is 1.13 bits per heavy atom. The molecule has 2 atom stereocenters. The molecule has 0 aliphatic heterocycles. The van der Waals surface area contributed by atoms with Crippen molar-refractivity contribution in [2.75, 3.05) is 52.4 Å². The number of non-ortho nitro benzene ring substituents is 1. The summed E-state index contributed by atoms with van der Waals surface area (Å²) in [6.45, 7) is -1.41. The van der Waals surface area contributed by atoms with Gasteiger partial charge in [-0.15, -0.1) is 0 Å². The molecule has 216 valence electrons. The summed E-state index contributed by atoms with van der Waals surface area (Å²) < 4.78 is 0. The molecular weight excluding hydrogens is 524 g/mol. The van der Waals surface area contributed by atoms with E-state index >= 15 is 0 Å². The van der Waals surface area contributed by atoms with Crippen LogP contribution in [-0.2, 0) is 30.4 Å². The van der Waals surface area contributed by atoms with Crippen LogP contribution in [0.3, 0.4) is 0 Å². The van der Waals surface area contributed by atoms with Gasteiger partial charge in [-0.2, -0.15) is 0 Å². The van der Waals surface area contributed by atoms with Crippen molar-refractivity contribution in [1.82, 2.24) is 14.7 Å². The summed E-state index contributed by atoms with van der Waals surface area (Å²) in [6, 6.07) is 4.50. The lowest BCUT2D eigenvalue weighted by molar-refractivity contribution is -0.384. The highest BCUT2D eigenvalue weighted by Gasteiger charge is 2.28. The first-order chi connectivity index (χ1) is 18.2. The molecule has 16 heteroatoms. The van der Waals surface area contributed by atoms with E-state index in [1.54, 1.807) is 6.92 Å². The molecule has 5 N–H and O–H groups in total. The van der Waals surface area contributed by atoms with E-state index in [1.165, 1.54) is 34.1 Å². The average Bonchev–Trinajstić information content (AvgIpc) is 2.76. The molecule has 0 radical (unpaired) electrons. The van der Waals surface area contributed by atoms with Crippen LogP contribution < -0.4 is 0 Å². The molecule has 0 fully saturated rings. The first-order valence-corrected chi connectivity index (χ1v) is 11.7. The van der Waals surface area contributed by atoms with Crippen molar-refractivity contribution in [2.24, 2.45) is 5.92 Å². The summed E-state index contributed by atoms with van der Waals surface area (Å²) >= 11 is 0. The highest BCUT2D eigenvalue weighted by molar-refractivity contribution is 5.73. The number of nitrogens with zero attached hydrogens (tertiary/aromatic N) is 4. The SMILES string of the molecule is CC(CN(CC(=O)O)CC(=O)O)CN(CC(=O)O)CC(Cc1ccc([N+](=O)[O-])cc1)N(CC(=O)O)CC(=O)O. The molecular formula is C23H32N4O12. The Balaban J connectivity index is 3.24. The summed E-state index contributed by atoms with van der Waals surface area (Å²) in [5.41, 5.74) is 0.334. The molecule has 1 aromatic rings. The number of hydrogen-bond donors (Lipinski definition) is 5. The van der Waals surface area contributed by atoms with E-state index in [0.29, 0.717) is 5.56 Å². The normalized spacial score (nSPS) is 12.8. The topological polar surface area (TPSA) is 239 Å². The van der Waals surface area contributed by atoms with Gasteiger partial charge in [0.25, 0.3) is 5.69 Å². The monoisotopic (exact) mass is 556 g/mol. The van der Waals surface area contributed by atoms with E-state index in [0.717, 1.165) is 4.90 Å². The molecule has 2 unspecified atom stereocenters. The highest BCUT2D eigenvalue weighted by atomic mass is 16.6. The lowest BCUT2D eigenvalue weighted by Gasteiger charge is -2.35. The van der Waals surface area contributed by atoms with Crippen LogP contribution in [-0.4, -0.2) is 133 Å². The summed E-state index contributed by atoms with van der Waals surface area (Å²) in [4.78, 5) is 70.9. The van der Waals surface area contributed by atoms with Crippen LogP contribution in [0.25, 0.3) is 0 Å². The number of benzene rings is 1. The number of nitro groups is 1. The maximum atomic E-state index is 11.6. The van der Waals surface area contributed by atoms with Gasteiger partial charge in [0.15, 0.2) is 0 Å².